The predicted octanol–water partition coefficient (Wildman–Crippen LogP) is 3.56. The van der Waals surface area contributed by atoms with E-state index in [1.165, 1.54) is 0 Å². The number of hydrogen-bond acceptors (Lipinski definition) is 3. The van der Waals surface area contributed by atoms with Crippen LogP contribution in [0.3, 0.4) is 0 Å². The van der Waals surface area contributed by atoms with Gasteiger partial charge in [0, 0.05) is 29.0 Å². The molecule has 0 radical (unpaired) electrons. The normalized spacial score (nSPS) is 11.3. The van der Waals surface area contributed by atoms with Crippen LogP contribution in [0.2, 0.25) is 0 Å². The molecule has 0 unspecified atom stereocenters. The van der Waals surface area contributed by atoms with E-state index in [-0.39, 0.29) is 24.0 Å². The Bertz CT molecular complexity index is 800. The second kappa shape index (κ2) is 9.07. The van der Waals surface area contributed by atoms with Gasteiger partial charge in [-0.05, 0) is 41.1 Å². The van der Waals surface area contributed by atoms with Crippen molar-refractivity contribution in [2.24, 2.45) is 4.99 Å². The third-order valence-electron chi connectivity index (χ3n) is 3.25. The number of nitrogens with zero attached hydrogens (tertiary/aromatic N) is 3. The molecule has 0 aliphatic heterocycles. The van der Waals surface area contributed by atoms with Crippen LogP contribution >= 0.6 is 39.9 Å². The van der Waals surface area contributed by atoms with E-state index < -0.39 is 0 Å². The Labute approximate surface area is 165 Å². The standard InChI is InChI=1S/C16H18BrN5O.HI/c1-2-18-16(19-7-12-5-6-23-11-12)20-8-14-10-22-9-13(17)3-4-15(22)21-14;/h3-6,9-11H,2,7-8H2,1H3,(H2,18,19,20);1H. The highest BCUT2D eigenvalue weighted by atomic mass is 127. The van der Waals surface area contributed by atoms with Gasteiger partial charge in [0.05, 0.1) is 31.3 Å². The maximum absolute atomic E-state index is 5.05. The van der Waals surface area contributed by atoms with Crippen LogP contribution in [0.4, 0.5) is 0 Å². The first kappa shape index (κ1) is 18.8. The highest BCUT2D eigenvalue weighted by Crippen LogP contribution is 2.12. The van der Waals surface area contributed by atoms with E-state index in [2.05, 4.69) is 36.5 Å². The number of fused-ring (bicyclic) bond motifs is 1. The lowest BCUT2D eigenvalue weighted by Gasteiger charge is -2.09. The lowest BCUT2D eigenvalue weighted by atomic mass is 10.3. The van der Waals surface area contributed by atoms with Crippen molar-refractivity contribution in [3.05, 3.63) is 58.8 Å². The van der Waals surface area contributed by atoms with Gasteiger partial charge in [0.1, 0.15) is 5.65 Å². The molecule has 3 rings (SSSR count). The van der Waals surface area contributed by atoms with Crippen LogP contribution in [0.15, 0.2) is 57.0 Å². The average molecular weight is 504 g/mol. The molecule has 0 spiro atoms. The Balaban J connectivity index is 0.00000208. The smallest absolute Gasteiger partial charge is 0.191 e. The van der Waals surface area contributed by atoms with E-state index in [9.17, 15) is 0 Å². The van der Waals surface area contributed by atoms with Crippen LogP contribution in [0.25, 0.3) is 5.65 Å². The fourth-order valence-corrected chi connectivity index (χ4v) is 2.52. The number of furan rings is 1. The van der Waals surface area contributed by atoms with Crippen molar-refractivity contribution in [2.45, 2.75) is 20.0 Å². The number of hydrogen-bond donors (Lipinski definition) is 2. The highest BCUT2D eigenvalue weighted by molar-refractivity contribution is 14.0. The zero-order valence-electron chi connectivity index (χ0n) is 13.2. The Kier molecular flexibility index (Phi) is 7.10. The zero-order valence-corrected chi connectivity index (χ0v) is 17.1. The molecule has 3 aromatic rings. The molecule has 2 N–H and O–H groups in total. The van der Waals surface area contributed by atoms with Crippen LogP contribution < -0.4 is 10.6 Å². The van der Waals surface area contributed by atoms with Crippen molar-refractivity contribution in [3.8, 4) is 0 Å². The number of guanidine groups is 1. The van der Waals surface area contributed by atoms with Crippen LogP contribution in [0.1, 0.15) is 18.2 Å². The van der Waals surface area contributed by atoms with E-state index in [0.29, 0.717) is 13.1 Å². The highest BCUT2D eigenvalue weighted by Gasteiger charge is 2.04. The number of pyridine rings is 1. The average Bonchev–Trinajstić information content (AvgIpc) is 3.18. The van der Waals surface area contributed by atoms with E-state index in [1.807, 2.05) is 41.9 Å². The molecule has 0 aromatic carbocycles. The molecular weight excluding hydrogens is 485 g/mol. The SMILES string of the molecule is CCNC(=NCc1ccoc1)NCc1cn2cc(Br)ccc2n1.I. The molecule has 0 atom stereocenters. The maximum atomic E-state index is 5.05. The minimum Gasteiger partial charge on any atom is -0.472 e. The third kappa shape index (κ3) is 4.97. The summed E-state index contributed by atoms with van der Waals surface area (Å²) >= 11 is 3.46. The minimum atomic E-state index is 0. The summed E-state index contributed by atoms with van der Waals surface area (Å²) in [6.45, 7) is 4.02. The summed E-state index contributed by atoms with van der Waals surface area (Å²) in [4.78, 5) is 9.11. The molecule has 3 aromatic heterocycles. The number of aliphatic imine (C=N–C) groups is 1. The van der Waals surface area contributed by atoms with Gasteiger partial charge < -0.3 is 19.5 Å². The minimum absolute atomic E-state index is 0. The fourth-order valence-electron chi connectivity index (χ4n) is 2.17. The summed E-state index contributed by atoms with van der Waals surface area (Å²) in [7, 11) is 0. The Morgan fingerprint density at radius 3 is 2.92 bits per heavy atom. The summed E-state index contributed by atoms with van der Waals surface area (Å²) < 4.78 is 8.07. The van der Waals surface area contributed by atoms with Crippen molar-refractivity contribution in [1.82, 2.24) is 20.0 Å². The molecule has 0 bridgehead atoms. The van der Waals surface area contributed by atoms with Gasteiger partial charge >= 0.3 is 0 Å². The number of imidazole rings is 1. The molecule has 0 saturated carbocycles. The zero-order chi connectivity index (χ0) is 16.1. The van der Waals surface area contributed by atoms with Gasteiger partial charge in [0.15, 0.2) is 5.96 Å². The van der Waals surface area contributed by atoms with Gasteiger partial charge in [-0.1, -0.05) is 0 Å². The second-order valence-corrected chi connectivity index (χ2v) is 5.94. The van der Waals surface area contributed by atoms with Gasteiger partial charge in [-0.2, -0.15) is 0 Å². The van der Waals surface area contributed by atoms with E-state index in [0.717, 1.165) is 33.9 Å². The van der Waals surface area contributed by atoms with E-state index >= 15 is 0 Å². The molecular formula is C16H19BrIN5O. The van der Waals surface area contributed by atoms with E-state index in [1.54, 1.807) is 12.5 Å². The van der Waals surface area contributed by atoms with Crippen LogP contribution in [0.5, 0.6) is 0 Å². The largest absolute Gasteiger partial charge is 0.472 e. The van der Waals surface area contributed by atoms with Crippen molar-refractivity contribution >= 4 is 51.5 Å². The van der Waals surface area contributed by atoms with Gasteiger partial charge in [0.2, 0.25) is 0 Å². The summed E-state index contributed by atoms with van der Waals surface area (Å²) in [5.41, 5.74) is 2.92. The quantitative estimate of drug-likeness (QED) is 0.317. The van der Waals surface area contributed by atoms with E-state index in [4.69, 9.17) is 4.42 Å². The number of halogens is 2. The molecule has 0 fully saturated rings. The second-order valence-electron chi connectivity index (χ2n) is 5.03. The molecule has 0 aliphatic rings. The van der Waals surface area contributed by atoms with Gasteiger partial charge in [-0.15, -0.1) is 24.0 Å². The molecule has 3 heterocycles. The number of rotatable bonds is 5. The summed E-state index contributed by atoms with van der Waals surface area (Å²) in [5.74, 6) is 0.756. The molecule has 24 heavy (non-hydrogen) atoms. The fraction of sp³-hybridized carbons (Fsp3) is 0.250. The van der Waals surface area contributed by atoms with Crippen LogP contribution in [0, 0.1) is 0 Å². The van der Waals surface area contributed by atoms with Crippen LogP contribution in [-0.2, 0) is 13.1 Å². The molecule has 128 valence electrons. The topological polar surface area (TPSA) is 66.9 Å². The summed E-state index contributed by atoms with van der Waals surface area (Å²) in [6, 6.07) is 5.87. The lowest BCUT2D eigenvalue weighted by molar-refractivity contribution is 0.564. The first-order valence-electron chi connectivity index (χ1n) is 7.41. The lowest BCUT2D eigenvalue weighted by Crippen LogP contribution is -2.36. The number of aromatic nitrogens is 2. The monoisotopic (exact) mass is 503 g/mol. The molecule has 0 aliphatic carbocycles. The Hall–Kier alpha value is -1.55. The molecule has 8 heteroatoms. The predicted molar refractivity (Wildman–Crippen MR) is 109 cm³/mol. The van der Waals surface area contributed by atoms with Gasteiger partial charge in [0.25, 0.3) is 0 Å². The van der Waals surface area contributed by atoms with Crippen LogP contribution in [-0.4, -0.2) is 21.9 Å². The Morgan fingerprint density at radius 2 is 2.17 bits per heavy atom. The number of nitrogens with one attached hydrogen (secondary N) is 2. The third-order valence-corrected chi connectivity index (χ3v) is 3.71. The van der Waals surface area contributed by atoms with Crippen molar-refractivity contribution in [1.29, 1.82) is 0 Å². The first-order chi connectivity index (χ1) is 11.2. The van der Waals surface area contributed by atoms with Gasteiger partial charge in [-0.3, -0.25) is 0 Å². The molecule has 0 saturated heterocycles. The molecule has 0 amide bonds. The summed E-state index contributed by atoms with van der Waals surface area (Å²) in [6.07, 6.45) is 7.35. The van der Waals surface area contributed by atoms with Gasteiger partial charge in [-0.25, -0.2) is 9.98 Å². The maximum Gasteiger partial charge on any atom is 0.191 e. The molecule has 6 nitrogen and oxygen atoms in total. The van der Waals surface area contributed by atoms with Crippen molar-refractivity contribution < 1.29 is 4.42 Å². The summed E-state index contributed by atoms with van der Waals surface area (Å²) in [5, 5.41) is 6.52. The van der Waals surface area contributed by atoms with Crippen molar-refractivity contribution in [3.63, 3.8) is 0 Å². The Morgan fingerprint density at radius 1 is 1.29 bits per heavy atom. The first-order valence-corrected chi connectivity index (χ1v) is 8.20. The van der Waals surface area contributed by atoms with Crippen molar-refractivity contribution in [2.75, 3.05) is 6.54 Å².